The number of ether oxygens (including phenoxy) is 1. The van der Waals surface area contributed by atoms with Gasteiger partial charge in [0, 0.05) is 13.3 Å². The highest BCUT2D eigenvalue weighted by molar-refractivity contribution is 6.29. The quantitative estimate of drug-likeness (QED) is 0.693. The lowest BCUT2D eigenvalue weighted by Gasteiger charge is -2.22. The second kappa shape index (κ2) is 7.98. The fraction of sp³-hybridized carbons (Fsp3) is 0.143. The van der Waals surface area contributed by atoms with Crippen LogP contribution in [-0.2, 0) is 9.53 Å². The van der Waals surface area contributed by atoms with E-state index in [0.717, 1.165) is 16.6 Å². The topological polar surface area (TPSA) is 88.5 Å². The van der Waals surface area contributed by atoms with Crippen LogP contribution in [0.15, 0.2) is 71.6 Å². The summed E-state index contributed by atoms with van der Waals surface area (Å²) in [5, 5.41) is 6.22. The molecule has 1 amide bonds. The Hall–Kier alpha value is -3.58. The molecule has 1 aromatic carbocycles. The van der Waals surface area contributed by atoms with Gasteiger partial charge in [0.1, 0.15) is 5.70 Å². The molecule has 7 heteroatoms. The number of hydrogen-bond donors (Lipinski definition) is 2. The van der Waals surface area contributed by atoms with Crippen LogP contribution in [0.4, 0.5) is 0 Å². The predicted molar refractivity (Wildman–Crippen MR) is 107 cm³/mol. The summed E-state index contributed by atoms with van der Waals surface area (Å²) in [7, 11) is 1.65. The minimum Gasteiger partial charge on any atom is -0.382 e. The molecule has 28 heavy (non-hydrogen) atoms. The molecular weight excluding hydrogens is 354 g/mol. The van der Waals surface area contributed by atoms with Gasteiger partial charge in [-0.25, -0.2) is 9.98 Å². The van der Waals surface area contributed by atoms with Gasteiger partial charge in [-0.1, -0.05) is 30.3 Å². The highest BCUT2D eigenvalue weighted by atomic mass is 16.5. The van der Waals surface area contributed by atoms with Gasteiger partial charge in [-0.3, -0.25) is 9.78 Å². The Labute approximate surface area is 162 Å². The zero-order valence-electron chi connectivity index (χ0n) is 15.3. The van der Waals surface area contributed by atoms with E-state index in [1.54, 1.807) is 13.3 Å². The fourth-order valence-corrected chi connectivity index (χ4v) is 3.04. The Kier molecular flexibility index (Phi) is 5.07. The summed E-state index contributed by atoms with van der Waals surface area (Å²) in [4.78, 5) is 24.9. The van der Waals surface area contributed by atoms with Crippen LogP contribution < -0.4 is 10.6 Å². The summed E-state index contributed by atoms with van der Waals surface area (Å²) < 4.78 is 5.41. The molecule has 7 nitrogen and oxygen atoms in total. The first-order chi connectivity index (χ1) is 13.7. The number of nitrogens with one attached hydrogen (secondary N) is 2. The third-order valence-electron chi connectivity index (χ3n) is 4.36. The number of pyridine rings is 2. The molecule has 1 aliphatic heterocycles. The number of nitrogens with zero attached hydrogens (tertiary/aromatic N) is 3. The van der Waals surface area contributed by atoms with Crippen LogP contribution in [0.2, 0.25) is 0 Å². The number of methoxy groups -OCH3 is 1. The van der Waals surface area contributed by atoms with E-state index in [-0.39, 0.29) is 11.9 Å². The molecule has 0 saturated carbocycles. The number of carbonyl (C=O) groups is 1. The highest BCUT2D eigenvalue weighted by Crippen LogP contribution is 2.23. The van der Waals surface area contributed by atoms with Crippen LogP contribution >= 0.6 is 0 Å². The zero-order chi connectivity index (χ0) is 19.3. The van der Waals surface area contributed by atoms with Crippen molar-refractivity contribution >= 4 is 28.9 Å². The first-order valence-corrected chi connectivity index (χ1v) is 8.86. The SMILES string of the molecule is COC[C@H](NC(=C1N=CC(=O)N1)c1ccc2ncccc2n1)c1ccccc1. The van der Waals surface area contributed by atoms with Crippen molar-refractivity contribution < 1.29 is 9.53 Å². The molecule has 0 radical (unpaired) electrons. The van der Waals surface area contributed by atoms with Crippen LogP contribution in [0.3, 0.4) is 0 Å². The van der Waals surface area contributed by atoms with Gasteiger partial charge in [-0.05, 0) is 29.8 Å². The number of aromatic nitrogens is 2. The van der Waals surface area contributed by atoms with E-state index in [0.29, 0.717) is 23.8 Å². The maximum absolute atomic E-state index is 11.7. The molecule has 0 bridgehead atoms. The standard InChI is InChI=1S/C21H19N5O2/c1-28-13-18(14-6-3-2-4-7-14)25-20(21-23-12-19(27)26-21)17-10-9-15-16(24-17)8-5-11-22-15/h2-12,18,25H,13H2,1H3,(H,26,27)/t18-/m0/s1. The molecule has 0 aliphatic carbocycles. The van der Waals surface area contributed by atoms with Gasteiger partial charge >= 0.3 is 0 Å². The maximum atomic E-state index is 11.7. The van der Waals surface area contributed by atoms with Gasteiger partial charge in [0.05, 0.1) is 35.6 Å². The van der Waals surface area contributed by atoms with Crippen molar-refractivity contribution in [1.82, 2.24) is 20.6 Å². The van der Waals surface area contributed by atoms with Crippen LogP contribution in [0.1, 0.15) is 17.3 Å². The van der Waals surface area contributed by atoms with E-state index in [2.05, 4.69) is 20.6 Å². The molecule has 1 atom stereocenters. The lowest BCUT2D eigenvalue weighted by molar-refractivity contribution is -0.113. The first kappa shape index (κ1) is 17.8. The third kappa shape index (κ3) is 3.74. The normalized spacial score (nSPS) is 16.1. The number of hydrogen-bond acceptors (Lipinski definition) is 6. The highest BCUT2D eigenvalue weighted by Gasteiger charge is 2.21. The molecule has 0 unspecified atom stereocenters. The summed E-state index contributed by atoms with van der Waals surface area (Å²) in [5.41, 5.74) is 3.89. The van der Waals surface area contributed by atoms with E-state index in [1.807, 2.05) is 54.6 Å². The van der Waals surface area contributed by atoms with Crippen molar-refractivity contribution in [3.05, 3.63) is 77.9 Å². The largest absolute Gasteiger partial charge is 0.382 e. The van der Waals surface area contributed by atoms with Gasteiger partial charge in [-0.15, -0.1) is 0 Å². The zero-order valence-corrected chi connectivity index (χ0v) is 15.3. The number of amides is 1. The molecule has 2 N–H and O–H groups in total. The van der Waals surface area contributed by atoms with E-state index in [4.69, 9.17) is 9.72 Å². The van der Waals surface area contributed by atoms with E-state index < -0.39 is 0 Å². The van der Waals surface area contributed by atoms with E-state index in [1.165, 1.54) is 6.21 Å². The molecule has 3 aromatic rings. The molecular formula is C21H19N5O2. The summed E-state index contributed by atoms with van der Waals surface area (Å²) in [6.07, 6.45) is 2.99. The van der Waals surface area contributed by atoms with E-state index >= 15 is 0 Å². The van der Waals surface area contributed by atoms with Gasteiger partial charge in [-0.2, -0.15) is 0 Å². The molecule has 1 aliphatic rings. The summed E-state index contributed by atoms with van der Waals surface area (Å²) in [6.45, 7) is 0.438. The second-order valence-corrected chi connectivity index (χ2v) is 6.27. The Morgan fingerprint density at radius 1 is 1.11 bits per heavy atom. The minimum atomic E-state index is -0.264. The molecule has 0 spiro atoms. The lowest BCUT2D eigenvalue weighted by atomic mass is 10.1. The predicted octanol–water partition coefficient (Wildman–Crippen LogP) is 2.43. The molecule has 0 fully saturated rings. The Morgan fingerprint density at radius 3 is 2.71 bits per heavy atom. The number of benzene rings is 1. The lowest BCUT2D eigenvalue weighted by Crippen LogP contribution is -2.28. The van der Waals surface area contributed by atoms with Crippen molar-refractivity contribution in [2.75, 3.05) is 13.7 Å². The molecule has 2 aromatic heterocycles. The summed E-state index contributed by atoms with van der Waals surface area (Å²) in [5.74, 6) is 0.164. The average Bonchev–Trinajstić information content (AvgIpc) is 3.17. The monoisotopic (exact) mass is 373 g/mol. The van der Waals surface area contributed by atoms with Gasteiger partial charge in [0.15, 0.2) is 5.82 Å². The third-order valence-corrected chi connectivity index (χ3v) is 4.36. The van der Waals surface area contributed by atoms with Crippen molar-refractivity contribution in [2.24, 2.45) is 4.99 Å². The van der Waals surface area contributed by atoms with Crippen molar-refractivity contribution in [3.63, 3.8) is 0 Å². The van der Waals surface area contributed by atoms with Crippen LogP contribution in [0.5, 0.6) is 0 Å². The molecule has 4 rings (SSSR count). The van der Waals surface area contributed by atoms with Gasteiger partial charge < -0.3 is 15.4 Å². The van der Waals surface area contributed by atoms with Crippen LogP contribution in [-0.4, -0.2) is 35.8 Å². The van der Waals surface area contributed by atoms with E-state index in [9.17, 15) is 4.79 Å². The van der Waals surface area contributed by atoms with Crippen molar-refractivity contribution in [1.29, 1.82) is 0 Å². The fourth-order valence-electron chi connectivity index (χ4n) is 3.04. The van der Waals surface area contributed by atoms with Crippen molar-refractivity contribution in [2.45, 2.75) is 6.04 Å². The smallest absolute Gasteiger partial charge is 0.268 e. The molecule has 140 valence electrons. The van der Waals surface area contributed by atoms with Crippen molar-refractivity contribution in [3.8, 4) is 0 Å². The minimum absolute atomic E-state index is 0.146. The van der Waals surface area contributed by atoms with Crippen LogP contribution in [0, 0.1) is 0 Å². The summed E-state index contributed by atoms with van der Waals surface area (Å²) in [6, 6.07) is 17.3. The summed E-state index contributed by atoms with van der Waals surface area (Å²) >= 11 is 0. The first-order valence-electron chi connectivity index (χ1n) is 8.86. The average molecular weight is 373 g/mol. The van der Waals surface area contributed by atoms with Gasteiger partial charge in [0.25, 0.3) is 5.91 Å². The molecule has 3 heterocycles. The molecule has 0 saturated heterocycles. The number of rotatable bonds is 6. The number of aliphatic imine (C=N–C) groups is 1. The second-order valence-electron chi connectivity index (χ2n) is 6.27. The Bertz CT molecular complexity index is 1060. The number of fused-ring (bicyclic) bond motifs is 1. The number of carbonyl (C=O) groups excluding carboxylic acids is 1. The maximum Gasteiger partial charge on any atom is 0.268 e. The Balaban J connectivity index is 1.77. The van der Waals surface area contributed by atoms with Gasteiger partial charge in [0.2, 0.25) is 0 Å². The Morgan fingerprint density at radius 2 is 1.96 bits per heavy atom. The van der Waals surface area contributed by atoms with Crippen LogP contribution in [0.25, 0.3) is 16.7 Å².